The van der Waals surface area contributed by atoms with E-state index in [0.717, 1.165) is 0 Å². The normalized spacial score (nSPS) is 17.3. The van der Waals surface area contributed by atoms with Crippen LogP contribution in [0.15, 0.2) is 30.7 Å². The number of amides is 2. The van der Waals surface area contributed by atoms with Gasteiger partial charge in [-0.1, -0.05) is 18.5 Å². The van der Waals surface area contributed by atoms with Crippen LogP contribution in [0.25, 0.3) is 0 Å². The second-order valence-electron chi connectivity index (χ2n) is 6.85. The summed E-state index contributed by atoms with van der Waals surface area (Å²) in [5, 5.41) is 0.469. The van der Waals surface area contributed by atoms with Crippen LogP contribution in [-0.2, 0) is 11.2 Å². The van der Waals surface area contributed by atoms with E-state index in [1.54, 1.807) is 19.1 Å². The summed E-state index contributed by atoms with van der Waals surface area (Å²) in [4.78, 5) is 40.5. The van der Waals surface area contributed by atoms with Crippen molar-refractivity contribution in [3.8, 4) is 5.75 Å². The Morgan fingerprint density at radius 2 is 2.07 bits per heavy atom. The number of rotatable bonds is 9. The molecule has 1 aliphatic heterocycles. The molecule has 0 radical (unpaired) electrons. The molecule has 2 aromatic rings. The topological polar surface area (TPSA) is 88.5 Å². The minimum atomic E-state index is -1.28. The lowest BCUT2D eigenvalue weighted by Gasteiger charge is -2.24. The van der Waals surface area contributed by atoms with Crippen molar-refractivity contribution in [2.75, 3.05) is 24.6 Å². The molecule has 0 unspecified atom stereocenters. The van der Waals surface area contributed by atoms with Gasteiger partial charge in [-0.3, -0.25) is 14.7 Å². The summed E-state index contributed by atoms with van der Waals surface area (Å²) in [6.45, 7) is 3.82. The average Bonchev–Trinajstić information content (AvgIpc) is 3.04. The molecule has 1 fully saturated rings. The molecular weight excluding hydrogens is 413 g/mol. The number of carbonyl (C=O) groups excluding carboxylic acids is 2. The van der Waals surface area contributed by atoms with Crippen LogP contribution in [0.5, 0.6) is 5.75 Å². The molecule has 10 heteroatoms. The van der Waals surface area contributed by atoms with Crippen LogP contribution in [0.1, 0.15) is 26.0 Å². The van der Waals surface area contributed by atoms with Crippen LogP contribution < -0.4 is 9.64 Å². The van der Waals surface area contributed by atoms with E-state index in [4.69, 9.17) is 16.3 Å². The van der Waals surface area contributed by atoms with Gasteiger partial charge in [0.1, 0.15) is 6.17 Å². The highest BCUT2D eigenvalue weighted by molar-refractivity contribution is 6.30. The van der Waals surface area contributed by atoms with Crippen molar-refractivity contribution in [2.45, 2.75) is 38.9 Å². The molecule has 2 aromatic heterocycles. The third kappa shape index (κ3) is 5.02. The smallest absolute Gasteiger partial charge is 0.327 e. The van der Waals surface area contributed by atoms with Gasteiger partial charge in [0.25, 0.3) is 0 Å². The van der Waals surface area contributed by atoms with Crippen molar-refractivity contribution in [2.24, 2.45) is 0 Å². The monoisotopic (exact) mass is 435 g/mol. The number of ether oxygens (including phenoxy) is 1. The molecular formula is C20H23ClFN5O3. The molecule has 3 heterocycles. The number of Topliss-reactive ketones (excluding diaryl/α,β-unsaturated/α-hetero) is 1. The summed E-state index contributed by atoms with van der Waals surface area (Å²) in [6, 6.07) is 1.92. The van der Waals surface area contributed by atoms with Gasteiger partial charge in [0.05, 0.1) is 44.6 Å². The molecule has 0 spiro atoms. The van der Waals surface area contributed by atoms with E-state index in [1.165, 1.54) is 28.4 Å². The van der Waals surface area contributed by atoms with Gasteiger partial charge in [-0.05, 0) is 25.5 Å². The van der Waals surface area contributed by atoms with E-state index >= 15 is 0 Å². The minimum Gasteiger partial charge on any atom is -0.491 e. The Hall–Kier alpha value is -2.81. The number of halogens is 2. The largest absolute Gasteiger partial charge is 0.491 e. The first-order valence-electron chi connectivity index (χ1n) is 9.72. The Morgan fingerprint density at radius 1 is 1.33 bits per heavy atom. The van der Waals surface area contributed by atoms with E-state index in [0.29, 0.717) is 23.1 Å². The maximum absolute atomic E-state index is 14.6. The molecule has 1 aliphatic rings. The fourth-order valence-electron chi connectivity index (χ4n) is 3.28. The molecule has 0 bridgehead atoms. The molecule has 0 N–H and O–H groups in total. The van der Waals surface area contributed by atoms with Crippen LogP contribution >= 0.6 is 11.6 Å². The summed E-state index contributed by atoms with van der Waals surface area (Å²) in [6.07, 6.45) is 3.36. The second kappa shape index (κ2) is 9.80. The highest BCUT2D eigenvalue weighted by Crippen LogP contribution is 2.26. The summed E-state index contributed by atoms with van der Waals surface area (Å²) in [5.41, 5.74) is 0.495. The highest BCUT2D eigenvalue weighted by atomic mass is 35.5. The van der Waals surface area contributed by atoms with Crippen LogP contribution in [0.2, 0.25) is 5.02 Å². The molecule has 0 aromatic carbocycles. The molecule has 2 amide bonds. The maximum atomic E-state index is 14.6. The van der Waals surface area contributed by atoms with Crippen LogP contribution in [-0.4, -0.2) is 63.6 Å². The maximum Gasteiger partial charge on any atom is 0.327 e. The number of pyridine rings is 1. The van der Waals surface area contributed by atoms with Gasteiger partial charge >= 0.3 is 6.03 Å². The van der Waals surface area contributed by atoms with Crippen LogP contribution in [0.3, 0.4) is 0 Å². The summed E-state index contributed by atoms with van der Waals surface area (Å²) in [7, 11) is 0. The molecule has 3 rings (SSSR count). The van der Waals surface area contributed by atoms with Crippen LogP contribution in [0.4, 0.5) is 15.1 Å². The third-order valence-corrected chi connectivity index (χ3v) is 4.96. The summed E-state index contributed by atoms with van der Waals surface area (Å²) >= 11 is 5.93. The Kier molecular flexibility index (Phi) is 7.15. The standard InChI is InChI=1S/C20H23ClFN5O3/c1-3-17(22)18-12-27(19-24-9-16(10-25-19)30-4-2)20(29)26(18)11-15(28)8-14-7-13(21)5-6-23-14/h5-7,9-10,17-18H,3-4,8,11-12H2,1-2H3/t17-,18+/m0/s1. The number of carbonyl (C=O) groups is 2. The summed E-state index contributed by atoms with van der Waals surface area (Å²) in [5.74, 6) is 0.353. The molecule has 0 saturated carbocycles. The fourth-order valence-corrected chi connectivity index (χ4v) is 3.46. The Balaban J connectivity index is 1.75. The molecule has 0 aliphatic carbocycles. The van der Waals surface area contributed by atoms with Gasteiger partial charge in [0.2, 0.25) is 5.95 Å². The minimum absolute atomic E-state index is 0.000307. The second-order valence-corrected chi connectivity index (χ2v) is 7.28. The van der Waals surface area contributed by atoms with Crippen molar-refractivity contribution in [3.63, 3.8) is 0 Å². The number of hydrogen-bond acceptors (Lipinski definition) is 6. The zero-order valence-corrected chi connectivity index (χ0v) is 17.5. The predicted molar refractivity (Wildman–Crippen MR) is 110 cm³/mol. The van der Waals surface area contributed by atoms with E-state index in [9.17, 15) is 14.0 Å². The molecule has 30 heavy (non-hydrogen) atoms. The lowest BCUT2D eigenvalue weighted by atomic mass is 10.1. The van der Waals surface area contributed by atoms with E-state index in [-0.39, 0.29) is 37.7 Å². The first kappa shape index (κ1) is 21.9. The Bertz CT molecular complexity index is 898. The van der Waals surface area contributed by atoms with Crippen molar-refractivity contribution in [1.29, 1.82) is 0 Å². The van der Waals surface area contributed by atoms with Crippen molar-refractivity contribution < 1.29 is 18.7 Å². The number of alkyl halides is 1. The van der Waals surface area contributed by atoms with Crippen molar-refractivity contribution >= 4 is 29.4 Å². The van der Waals surface area contributed by atoms with E-state index < -0.39 is 18.2 Å². The first-order chi connectivity index (χ1) is 14.4. The lowest BCUT2D eigenvalue weighted by molar-refractivity contribution is -0.119. The lowest BCUT2D eigenvalue weighted by Crippen LogP contribution is -2.43. The average molecular weight is 436 g/mol. The van der Waals surface area contributed by atoms with Gasteiger partial charge in [0.15, 0.2) is 11.5 Å². The quantitative estimate of drug-likeness (QED) is 0.601. The summed E-state index contributed by atoms with van der Waals surface area (Å²) < 4.78 is 19.9. The zero-order valence-electron chi connectivity index (χ0n) is 16.8. The Labute approximate surface area is 179 Å². The van der Waals surface area contributed by atoms with E-state index in [2.05, 4.69) is 15.0 Å². The zero-order chi connectivity index (χ0) is 21.7. The predicted octanol–water partition coefficient (Wildman–Crippen LogP) is 3.09. The Morgan fingerprint density at radius 3 is 2.70 bits per heavy atom. The number of urea groups is 1. The molecule has 8 nitrogen and oxygen atoms in total. The van der Waals surface area contributed by atoms with Crippen molar-refractivity contribution in [1.82, 2.24) is 19.9 Å². The van der Waals surface area contributed by atoms with Gasteiger partial charge in [0, 0.05) is 16.9 Å². The number of nitrogens with zero attached hydrogens (tertiary/aromatic N) is 5. The molecule has 160 valence electrons. The number of anilines is 1. The van der Waals surface area contributed by atoms with Gasteiger partial charge in [-0.2, -0.15) is 0 Å². The number of aromatic nitrogens is 3. The third-order valence-electron chi connectivity index (χ3n) is 4.72. The van der Waals surface area contributed by atoms with Crippen LogP contribution in [0, 0.1) is 0 Å². The number of ketones is 1. The molecule has 1 saturated heterocycles. The van der Waals surface area contributed by atoms with Gasteiger partial charge in [-0.25, -0.2) is 19.2 Å². The van der Waals surface area contributed by atoms with Gasteiger partial charge < -0.3 is 9.64 Å². The van der Waals surface area contributed by atoms with E-state index in [1.807, 2.05) is 6.92 Å². The number of hydrogen-bond donors (Lipinski definition) is 0. The van der Waals surface area contributed by atoms with Gasteiger partial charge in [-0.15, -0.1) is 0 Å². The molecule has 2 atom stereocenters. The fraction of sp³-hybridized carbons (Fsp3) is 0.450. The highest BCUT2D eigenvalue weighted by Gasteiger charge is 2.43. The first-order valence-corrected chi connectivity index (χ1v) is 10.1. The van der Waals surface area contributed by atoms with Crippen molar-refractivity contribution in [3.05, 3.63) is 41.4 Å². The SMILES string of the molecule is CCOc1cnc(N2C[C@H]([C@@H](F)CC)N(CC(=O)Cc3cc(Cl)ccn3)C2=O)nc1.